The summed E-state index contributed by atoms with van der Waals surface area (Å²) in [5.74, 6) is -2.28. The van der Waals surface area contributed by atoms with Gasteiger partial charge in [0.15, 0.2) is 17.9 Å². The number of hydrogen-bond acceptors (Lipinski definition) is 3. The van der Waals surface area contributed by atoms with E-state index in [1.807, 2.05) is 24.3 Å². The average Bonchev–Trinajstić information content (AvgIpc) is 2.91. The molecule has 8 heteroatoms. The summed E-state index contributed by atoms with van der Waals surface area (Å²) in [6, 6.07) is 15.2. The first-order valence-electron chi connectivity index (χ1n) is 13.4. The minimum Gasteiger partial charge on any atom is -0.403 e. The molecule has 0 atom stereocenters. The highest BCUT2D eigenvalue weighted by atomic mass is 19.4. The summed E-state index contributed by atoms with van der Waals surface area (Å²) in [6.45, 7) is 3.76. The van der Waals surface area contributed by atoms with Gasteiger partial charge >= 0.3 is 6.36 Å². The van der Waals surface area contributed by atoms with Gasteiger partial charge in [-0.25, -0.2) is 8.78 Å². The normalized spacial score (nSPS) is 17.8. The van der Waals surface area contributed by atoms with Crippen LogP contribution >= 0.6 is 0 Å². The highest BCUT2D eigenvalue weighted by Crippen LogP contribution is 2.32. The van der Waals surface area contributed by atoms with Gasteiger partial charge in [-0.1, -0.05) is 62.2 Å². The third-order valence-electron chi connectivity index (χ3n) is 6.88. The van der Waals surface area contributed by atoms with Gasteiger partial charge in [-0.05, 0) is 72.6 Å². The standard InChI is InChI=1S/C31H33F5O3/c1-2-3-6-22-19-37-30(38-20-22)8-5-4-7-21-9-11-23(12-10-21)24-13-15-26(27(32)17-24)25-14-16-29(28(33)18-25)39-31(34,35)36/h9-18,22,30H,2-8,19-20H2,1H3. The van der Waals surface area contributed by atoms with Crippen LogP contribution < -0.4 is 4.74 Å². The van der Waals surface area contributed by atoms with E-state index >= 15 is 0 Å². The first kappa shape index (κ1) is 29.0. The summed E-state index contributed by atoms with van der Waals surface area (Å²) in [5, 5.41) is 0. The average molecular weight is 549 g/mol. The molecule has 3 nitrogen and oxygen atoms in total. The van der Waals surface area contributed by atoms with Gasteiger partial charge in [-0.15, -0.1) is 13.2 Å². The van der Waals surface area contributed by atoms with Crippen molar-refractivity contribution in [2.45, 2.75) is 64.5 Å². The van der Waals surface area contributed by atoms with E-state index in [0.717, 1.165) is 63.0 Å². The Balaban J connectivity index is 1.27. The van der Waals surface area contributed by atoms with Crippen molar-refractivity contribution in [1.82, 2.24) is 0 Å². The van der Waals surface area contributed by atoms with Crippen LogP contribution in [0.2, 0.25) is 0 Å². The lowest BCUT2D eigenvalue weighted by atomic mass is 9.98. The summed E-state index contributed by atoms with van der Waals surface area (Å²) in [7, 11) is 0. The number of hydrogen-bond donors (Lipinski definition) is 0. The predicted molar refractivity (Wildman–Crippen MR) is 140 cm³/mol. The molecule has 0 radical (unpaired) electrons. The lowest BCUT2D eigenvalue weighted by molar-refractivity contribution is -0.275. The smallest absolute Gasteiger partial charge is 0.403 e. The Bertz CT molecular complexity index is 1200. The predicted octanol–water partition coefficient (Wildman–Crippen LogP) is 9.09. The van der Waals surface area contributed by atoms with Crippen LogP contribution in [0, 0.1) is 17.6 Å². The number of unbranched alkanes of at least 4 members (excludes halogenated alkanes) is 2. The van der Waals surface area contributed by atoms with E-state index in [1.54, 1.807) is 6.07 Å². The van der Waals surface area contributed by atoms with Gasteiger partial charge in [0.05, 0.1) is 13.2 Å². The maximum atomic E-state index is 14.9. The topological polar surface area (TPSA) is 27.7 Å². The van der Waals surface area contributed by atoms with Gasteiger partial charge in [0.25, 0.3) is 0 Å². The number of aryl methyl sites for hydroxylation is 1. The Hall–Kier alpha value is -2.97. The highest BCUT2D eigenvalue weighted by Gasteiger charge is 2.32. The summed E-state index contributed by atoms with van der Waals surface area (Å²) in [5.41, 5.74) is 2.84. The molecule has 0 aromatic heterocycles. The van der Waals surface area contributed by atoms with E-state index in [9.17, 15) is 22.0 Å². The number of rotatable bonds is 11. The van der Waals surface area contributed by atoms with Crippen molar-refractivity contribution in [1.29, 1.82) is 0 Å². The second kappa shape index (κ2) is 13.4. The third-order valence-corrected chi connectivity index (χ3v) is 6.88. The molecule has 210 valence electrons. The number of alkyl halides is 3. The van der Waals surface area contributed by atoms with Crippen LogP contribution in [0.3, 0.4) is 0 Å². The molecule has 0 saturated carbocycles. The Kier molecular flexibility index (Phi) is 9.97. The lowest BCUT2D eigenvalue weighted by Crippen LogP contribution is -2.32. The van der Waals surface area contributed by atoms with Gasteiger partial charge in [0.2, 0.25) is 0 Å². The van der Waals surface area contributed by atoms with E-state index in [1.165, 1.54) is 36.6 Å². The van der Waals surface area contributed by atoms with Crippen molar-refractivity contribution in [3.8, 4) is 28.0 Å². The molecule has 0 N–H and O–H groups in total. The first-order valence-corrected chi connectivity index (χ1v) is 13.4. The molecular formula is C31H33F5O3. The number of halogens is 5. The molecule has 1 saturated heterocycles. The molecule has 0 unspecified atom stereocenters. The van der Waals surface area contributed by atoms with Crippen molar-refractivity contribution in [2.24, 2.45) is 5.92 Å². The monoisotopic (exact) mass is 548 g/mol. The zero-order valence-electron chi connectivity index (χ0n) is 21.9. The molecule has 3 aromatic rings. The second-order valence-corrected chi connectivity index (χ2v) is 9.93. The zero-order chi connectivity index (χ0) is 27.8. The van der Waals surface area contributed by atoms with Crippen LogP contribution in [0.5, 0.6) is 5.75 Å². The zero-order valence-corrected chi connectivity index (χ0v) is 21.9. The van der Waals surface area contributed by atoms with E-state index < -0.39 is 23.7 Å². The Morgan fingerprint density at radius 2 is 1.44 bits per heavy atom. The largest absolute Gasteiger partial charge is 0.573 e. The quantitative estimate of drug-likeness (QED) is 0.177. The van der Waals surface area contributed by atoms with Crippen LogP contribution in [0.4, 0.5) is 22.0 Å². The van der Waals surface area contributed by atoms with Crippen molar-refractivity contribution in [2.75, 3.05) is 13.2 Å². The molecule has 0 bridgehead atoms. The maximum Gasteiger partial charge on any atom is 0.573 e. The summed E-state index contributed by atoms with van der Waals surface area (Å²) < 4.78 is 81.4. The minimum absolute atomic E-state index is 0.0789. The summed E-state index contributed by atoms with van der Waals surface area (Å²) in [4.78, 5) is 0. The molecule has 39 heavy (non-hydrogen) atoms. The lowest BCUT2D eigenvalue weighted by Gasteiger charge is -2.29. The molecule has 0 aliphatic carbocycles. The van der Waals surface area contributed by atoms with Gasteiger partial charge in [-0.2, -0.15) is 0 Å². The van der Waals surface area contributed by atoms with E-state index in [-0.39, 0.29) is 17.4 Å². The Morgan fingerprint density at radius 3 is 2.08 bits per heavy atom. The molecule has 1 fully saturated rings. The van der Waals surface area contributed by atoms with Crippen molar-refractivity contribution in [3.63, 3.8) is 0 Å². The van der Waals surface area contributed by atoms with Crippen LogP contribution in [0.15, 0.2) is 60.7 Å². The molecule has 0 spiro atoms. The molecule has 1 heterocycles. The van der Waals surface area contributed by atoms with E-state index in [2.05, 4.69) is 11.7 Å². The van der Waals surface area contributed by atoms with Gasteiger partial charge < -0.3 is 14.2 Å². The molecule has 1 aliphatic rings. The Labute approximate surface area is 225 Å². The fraction of sp³-hybridized carbons (Fsp3) is 0.419. The first-order chi connectivity index (χ1) is 18.7. The van der Waals surface area contributed by atoms with E-state index in [0.29, 0.717) is 11.5 Å². The number of ether oxygens (including phenoxy) is 3. The van der Waals surface area contributed by atoms with E-state index in [4.69, 9.17) is 9.47 Å². The molecular weight excluding hydrogens is 515 g/mol. The fourth-order valence-electron chi connectivity index (χ4n) is 4.72. The third kappa shape index (κ3) is 8.51. The number of benzene rings is 3. The van der Waals surface area contributed by atoms with Crippen molar-refractivity contribution >= 4 is 0 Å². The second-order valence-electron chi connectivity index (χ2n) is 9.93. The summed E-state index contributed by atoms with van der Waals surface area (Å²) >= 11 is 0. The molecule has 3 aromatic carbocycles. The Morgan fingerprint density at radius 1 is 0.769 bits per heavy atom. The van der Waals surface area contributed by atoms with Gasteiger partial charge in [-0.3, -0.25) is 0 Å². The summed E-state index contributed by atoms with van der Waals surface area (Å²) in [6.07, 6.45) is 2.25. The molecule has 1 aliphatic heterocycles. The fourth-order valence-corrected chi connectivity index (χ4v) is 4.72. The SMILES string of the molecule is CCCCC1COC(CCCCc2ccc(-c3ccc(-c4ccc(OC(F)(F)F)c(F)c4)c(F)c3)cc2)OC1. The maximum absolute atomic E-state index is 14.9. The highest BCUT2D eigenvalue weighted by molar-refractivity contribution is 5.71. The van der Waals surface area contributed by atoms with Gasteiger partial charge in [0, 0.05) is 11.5 Å². The van der Waals surface area contributed by atoms with Crippen LogP contribution in [0.25, 0.3) is 22.3 Å². The van der Waals surface area contributed by atoms with Crippen molar-refractivity contribution in [3.05, 3.63) is 77.9 Å². The minimum atomic E-state index is -5.01. The van der Waals surface area contributed by atoms with Crippen LogP contribution in [-0.4, -0.2) is 25.9 Å². The van der Waals surface area contributed by atoms with Gasteiger partial charge in [0.1, 0.15) is 5.82 Å². The van der Waals surface area contributed by atoms with Crippen LogP contribution in [-0.2, 0) is 15.9 Å². The molecule has 0 amide bonds. The van der Waals surface area contributed by atoms with Crippen molar-refractivity contribution < 1.29 is 36.2 Å². The molecule has 4 rings (SSSR count). The van der Waals surface area contributed by atoms with Crippen LogP contribution in [0.1, 0.15) is 51.0 Å².